The lowest BCUT2D eigenvalue weighted by molar-refractivity contribution is -0.137. The third-order valence-electron chi connectivity index (χ3n) is 4.35. The van der Waals surface area contributed by atoms with Crippen LogP contribution >= 0.6 is 0 Å². The number of hydrogen-bond donors (Lipinski definition) is 1. The summed E-state index contributed by atoms with van der Waals surface area (Å²) < 4.78 is 38.7. The fraction of sp³-hybridized carbons (Fsp3) is 0.500. The summed E-state index contributed by atoms with van der Waals surface area (Å²) in [5.41, 5.74) is 2.43. The van der Waals surface area contributed by atoms with Gasteiger partial charge in [0.2, 0.25) is 0 Å². The fourth-order valence-corrected chi connectivity index (χ4v) is 3.16. The van der Waals surface area contributed by atoms with Crippen LogP contribution in [0.1, 0.15) is 30.2 Å². The van der Waals surface area contributed by atoms with Crippen molar-refractivity contribution in [1.29, 1.82) is 0 Å². The topological polar surface area (TPSA) is 19.0 Å². The summed E-state index contributed by atoms with van der Waals surface area (Å²) in [6.07, 6.45) is -1.53. The van der Waals surface area contributed by atoms with Crippen LogP contribution in [0.2, 0.25) is 0 Å². The lowest BCUT2D eigenvalue weighted by Gasteiger charge is -2.23. The van der Waals surface area contributed by atoms with Crippen LogP contribution in [0.4, 0.5) is 13.2 Å². The van der Waals surface area contributed by atoms with Crippen molar-refractivity contribution < 1.29 is 13.2 Å². The van der Waals surface area contributed by atoms with Crippen LogP contribution in [0.5, 0.6) is 0 Å². The molecular weight excluding hydrogens is 277 g/mol. The summed E-state index contributed by atoms with van der Waals surface area (Å²) in [5, 5.41) is 0.734. The van der Waals surface area contributed by atoms with E-state index in [1.54, 1.807) is 6.07 Å². The predicted molar refractivity (Wildman–Crippen MR) is 77.4 cm³/mol. The highest BCUT2D eigenvalue weighted by Crippen LogP contribution is 2.34. The molecule has 0 unspecified atom stereocenters. The molecule has 0 bridgehead atoms. The van der Waals surface area contributed by atoms with Gasteiger partial charge in [-0.2, -0.15) is 13.2 Å². The number of H-pyrrole nitrogens is 1. The number of aromatic amines is 1. The van der Waals surface area contributed by atoms with Crippen LogP contribution in [0.15, 0.2) is 18.2 Å². The Morgan fingerprint density at radius 3 is 2.71 bits per heavy atom. The first-order valence-electron chi connectivity index (χ1n) is 7.42. The molecule has 3 rings (SSSR count). The van der Waals surface area contributed by atoms with E-state index in [4.69, 9.17) is 0 Å². The van der Waals surface area contributed by atoms with Crippen LogP contribution in [-0.2, 0) is 19.0 Å². The predicted octanol–water partition coefficient (Wildman–Crippen LogP) is 4.00. The lowest BCUT2D eigenvalue weighted by Crippen LogP contribution is -2.29. The number of alkyl halides is 3. The van der Waals surface area contributed by atoms with Gasteiger partial charge in [0, 0.05) is 23.1 Å². The van der Waals surface area contributed by atoms with E-state index in [-0.39, 0.29) is 0 Å². The summed E-state index contributed by atoms with van der Waals surface area (Å²) in [6.45, 7) is 5.08. The van der Waals surface area contributed by atoms with Crippen molar-refractivity contribution >= 4 is 10.9 Å². The number of likely N-dealkylation sites (N-methyl/N-ethyl adjacent to an activating group) is 1. The zero-order valence-electron chi connectivity index (χ0n) is 12.1. The molecule has 2 heterocycles. The molecule has 0 saturated carbocycles. The van der Waals surface area contributed by atoms with Gasteiger partial charge < -0.3 is 9.88 Å². The van der Waals surface area contributed by atoms with Gasteiger partial charge in [0.05, 0.1) is 5.56 Å². The van der Waals surface area contributed by atoms with Gasteiger partial charge >= 0.3 is 6.18 Å². The summed E-state index contributed by atoms with van der Waals surface area (Å²) >= 11 is 0. The van der Waals surface area contributed by atoms with Gasteiger partial charge in [-0.25, -0.2) is 0 Å². The maximum absolute atomic E-state index is 12.9. The molecule has 0 atom stereocenters. The number of halogens is 3. The molecule has 21 heavy (non-hydrogen) atoms. The Labute approximate surface area is 121 Å². The van der Waals surface area contributed by atoms with Gasteiger partial charge in [-0.3, -0.25) is 0 Å². The molecule has 0 saturated heterocycles. The smallest absolute Gasteiger partial charge is 0.358 e. The Bertz CT molecular complexity index is 643. The minimum absolute atomic E-state index is 0.564. The first kappa shape index (κ1) is 14.4. The number of rotatable bonds is 1. The summed E-state index contributed by atoms with van der Waals surface area (Å²) in [4.78, 5) is 5.67. The number of benzene rings is 1. The van der Waals surface area contributed by atoms with E-state index < -0.39 is 11.7 Å². The highest BCUT2D eigenvalue weighted by molar-refractivity contribution is 5.85. The minimum atomic E-state index is -4.28. The number of nitrogens with one attached hydrogen (secondary N) is 1. The fourth-order valence-electron chi connectivity index (χ4n) is 3.16. The molecule has 2 aromatic rings. The lowest BCUT2D eigenvalue weighted by atomic mass is 10.0. The van der Waals surface area contributed by atoms with Crippen LogP contribution in [-0.4, -0.2) is 29.5 Å². The average molecular weight is 296 g/mol. The molecule has 1 aliphatic rings. The standard InChI is InChI=1S/C16H19F3N2/c1-2-21-8-3-4-14-12(7-9-21)13-10-11(16(17,18)19)5-6-15(13)20-14/h5-6,10,20H,2-4,7-9H2,1H3. The van der Waals surface area contributed by atoms with Crippen LogP contribution in [0.25, 0.3) is 10.9 Å². The molecule has 5 heteroatoms. The SMILES string of the molecule is CCN1CCCc2[nH]c3ccc(C(F)(F)F)cc3c2CC1. The molecular formula is C16H19F3N2. The number of aromatic nitrogens is 1. The molecule has 0 fully saturated rings. The molecule has 0 amide bonds. The van der Waals surface area contributed by atoms with Crippen molar-refractivity contribution in [1.82, 2.24) is 9.88 Å². The number of nitrogens with zero attached hydrogens (tertiary/aromatic N) is 1. The van der Waals surface area contributed by atoms with Crippen molar-refractivity contribution in [3.05, 3.63) is 35.0 Å². The second-order valence-electron chi connectivity index (χ2n) is 5.63. The monoisotopic (exact) mass is 296 g/mol. The first-order valence-corrected chi connectivity index (χ1v) is 7.42. The number of hydrogen-bond acceptors (Lipinski definition) is 1. The number of aryl methyl sites for hydroxylation is 1. The second-order valence-corrected chi connectivity index (χ2v) is 5.63. The van der Waals surface area contributed by atoms with E-state index in [9.17, 15) is 13.2 Å². The minimum Gasteiger partial charge on any atom is -0.358 e. The molecule has 114 valence electrons. The molecule has 1 aliphatic heterocycles. The number of fused-ring (bicyclic) bond motifs is 3. The average Bonchev–Trinajstić information content (AvgIpc) is 2.74. The van der Waals surface area contributed by atoms with Crippen LogP contribution < -0.4 is 0 Å². The Morgan fingerprint density at radius 2 is 2.00 bits per heavy atom. The molecule has 0 spiro atoms. The maximum atomic E-state index is 12.9. The van der Waals surface area contributed by atoms with Crippen molar-refractivity contribution in [3.8, 4) is 0 Å². The van der Waals surface area contributed by atoms with Gasteiger partial charge in [0.25, 0.3) is 0 Å². The third kappa shape index (κ3) is 2.79. The summed E-state index contributed by atoms with van der Waals surface area (Å²) in [6, 6.07) is 4.01. The molecule has 2 nitrogen and oxygen atoms in total. The Morgan fingerprint density at radius 1 is 1.19 bits per heavy atom. The maximum Gasteiger partial charge on any atom is 0.416 e. The summed E-state index contributed by atoms with van der Waals surface area (Å²) in [5.74, 6) is 0. The molecule has 1 N–H and O–H groups in total. The van der Waals surface area contributed by atoms with Gasteiger partial charge in [-0.15, -0.1) is 0 Å². The second kappa shape index (κ2) is 5.37. The third-order valence-corrected chi connectivity index (χ3v) is 4.35. The highest BCUT2D eigenvalue weighted by atomic mass is 19.4. The first-order chi connectivity index (χ1) is 9.99. The summed E-state index contributed by atoms with van der Waals surface area (Å²) in [7, 11) is 0. The quantitative estimate of drug-likeness (QED) is 0.843. The zero-order chi connectivity index (χ0) is 15.0. The Kier molecular flexibility index (Phi) is 3.69. The van der Waals surface area contributed by atoms with Gasteiger partial charge in [-0.05, 0) is 56.1 Å². The molecule has 1 aromatic heterocycles. The molecule has 0 radical (unpaired) electrons. The normalized spacial score (nSPS) is 17.5. The van der Waals surface area contributed by atoms with Crippen molar-refractivity contribution in [3.63, 3.8) is 0 Å². The van der Waals surface area contributed by atoms with Crippen molar-refractivity contribution in [2.24, 2.45) is 0 Å². The Balaban J connectivity index is 2.04. The van der Waals surface area contributed by atoms with E-state index in [0.717, 1.165) is 67.1 Å². The zero-order valence-corrected chi connectivity index (χ0v) is 12.1. The van der Waals surface area contributed by atoms with Crippen molar-refractivity contribution in [2.75, 3.05) is 19.6 Å². The van der Waals surface area contributed by atoms with Crippen LogP contribution in [0.3, 0.4) is 0 Å². The highest BCUT2D eigenvalue weighted by Gasteiger charge is 2.31. The van der Waals surface area contributed by atoms with E-state index in [0.29, 0.717) is 0 Å². The molecule has 1 aromatic carbocycles. The Hall–Kier alpha value is -1.49. The van der Waals surface area contributed by atoms with Gasteiger partial charge in [0.1, 0.15) is 0 Å². The van der Waals surface area contributed by atoms with Crippen molar-refractivity contribution in [2.45, 2.75) is 32.4 Å². The largest absolute Gasteiger partial charge is 0.416 e. The van der Waals surface area contributed by atoms with E-state index in [1.807, 2.05) is 0 Å². The van der Waals surface area contributed by atoms with Gasteiger partial charge in [0.15, 0.2) is 0 Å². The van der Waals surface area contributed by atoms with E-state index in [1.165, 1.54) is 6.07 Å². The molecule has 0 aliphatic carbocycles. The van der Waals surface area contributed by atoms with E-state index >= 15 is 0 Å². The van der Waals surface area contributed by atoms with E-state index in [2.05, 4.69) is 16.8 Å². The van der Waals surface area contributed by atoms with Crippen LogP contribution in [0, 0.1) is 0 Å². The van der Waals surface area contributed by atoms with Gasteiger partial charge in [-0.1, -0.05) is 6.92 Å².